The van der Waals surface area contributed by atoms with Crippen molar-refractivity contribution in [2.75, 3.05) is 17.7 Å². The minimum absolute atomic E-state index is 0.145. The van der Waals surface area contributed by atoms with Crippen LogP contribution in [0.3, 0.4) is 0 Å². The lowest BCUT2D eigenvalue weighted by molar-refractivity contribution is -0.114. The summed E-state index contributed by atoms with van der Waals surface area (Å²) in [7, 11) is 1.31. The Morgan fingerprint density at radius 3 is 2.19 bits per heavy atom. The molecule has 0 bridgehead atoms. The van der Waals surface area contributed by atoms with Gasteiger partial charge in [-0.25, -0.2) is 4.79 Å². The fourth-order valence-corrected chi connectivity index (χ4v) is 2.79. The number of benzene rings is 1. The number of methoxy groups -OCH3 is 1. The maximum atomic E-state index is 12.8. The molecular formula is C19H23N3O4. The number of carbonyl (C=O) groups is 3. The molecule has 0 aliphatic rings. The van der Waals surface area contributed by atoms with Gasteiger partial charge in [0.15, 0.2) is 0 Å². The Morgan fingerprint density at radius 1 is 1.08 bits per heavy atom. The third-order valence-electron chi connectivity index (χ3n) is 4.06. The van der Waals surface area contributed by atoms with E-state index in [4.69, 9.17) is 4.74 Å². The van der Waals surface area contributed by atoms with Crippen LogP contribution in [0.1, 0.15) is 46.0 Å². The highest BCUT2D eigenvalue weighted by molar-refractivity contribution is 6.04. The quantitative estimate of drug-likeness (QED) is 0.545. The van der Waals surface area contributed by atoms with Gasteiger partial charge in [-0.3, -0.25) is 9.59 Å². The summed E-state index contributed by atoms with van der Waals surface area (Å²) in [5.74, 6) is -0.774. The number of ether oxygens (including phenoxy) is 1. The molecule has 0 unspecified atom stereocenters. The fraction of sp³-hybridized carbons (Fsp3) is 0.316. The molecule has 1 aromatic heterocycles. The van der Waals surface area contributed by atoms with Gasteiger partial charge < -0.3 is 20.4 Å². The molecule has 7 heteroatoms. The lowest BCUT2D eigenvalue weighted by atomic mass is 10.0. The molecule has 0 fully saturated rings. The molecule has 1 amide bonds. The van der Waals surface area contributed by atoms with Crippen LogP contribution in [-0.4, -0.2) is 35.8 Å². The number of aryl methyl sites for hydroxylation is 1. The maximum Gasteiger partial charge on any atom is 0.339 e. The summed E-state index contributed by atoms with van der Waals surface area (Å²) in [4.78, 5) is 38.6. The molecule has 3 N–H and O–H groups in total. The van der Waals surface area contributed by atoms with Crippen LogP contribution >= 0.6 is 0 Å². The summed E-state index contributed by atoms with van der Waals surface area (Å²) < 4.78 is 4.77. The van der Waals surface area contributed by atoms with Crippen molar-refractivity contribution in [1.29, 1.82) is 0 Å². The Morgan fingerprint density at radius 2 is 1.65 bits per heavy atom. The lowest BCUT2D eigenvalue weighted by Crippen LogP contribution is -2.27. The summed E-state index contributed by atoms with van der Waals surface area (Å²) in [5.41, 5.74) is 3.38. The number of rotatable bonds is 6. The molecule has 1 heterocycles. The first-order chi connectivity index (χ1) is 12.2. The number of aromatic nitrogens is 1. The smallest absolute Gasteiger partial charge is 0.339 e. The molecule has 0 saturated carbocycles. The van der Waals surface area contributed by atoms with Gasteiger partial charge in [-0.15, -0.1) is 0 Å². The molecule has 7 nitrogen and oxygen atoms in total. The largest absolute Gasteiger partial charge is 0.465 e. The first-order valence-corrected chi connectivity index (χ1v) is 8.20. The number of aromatic amines is 1. The zero-order valence-corrected chi connectivity index (χ0v) is 15.5. The van der Waals surface area contributed by atoms with Crippen LogP contribution in [0.4, 0.5) is 11.4 Å². The number of Topliss-reactive ketones (excluding diaryl/α,β-unsaturated/α-hetero) is 1. The molecule has 0 aliphatic carbocycles. The van der Waals surface area contributed by atoms with Gasteiger partial charge in [0.1, 0.15) is 0 Å². The Bertz CT molecular complexity index is 837. The monoisotopic (exact) mass is 357 g/mol. The highest BCUT2D eigenvalue weighted by Gasteiger charge is 2.25. The van der Waals surface area contributed by atoms with E-state index in [2.05, 4.69) is 15.6 Å². The second kappa shape index (κ2) is 7.86. The van der Waals surface area contributed by atoms with E-state index in [1.165, 1.54) is 14.0 Å². The van der Waals surface area contributed by atoms with Gasteiger partial charge in [-0.05, 0) is 50.6 Å². The topological polar surface area (TPSA) is 100 Å². The first-order valence-electron chi connectivity index (χ1n) is 8.20. The molecule has 26 heavy (non-hydrogen) atoms. The van der Waals surface area contributed by atoms with E-state index in [0.717, 1.165) is 5.69 Å². The van der Waals surface area contributed by atoms with Crippen LogP contribution in [0.5, 0.6) is 0 Å². The third-order valence-corrected chi connectivity index (χ3v) is 4.06. The minimum atomic E-state index is -0.510. The number of esters is 1. The molecule has 0 aliphatic heterocycles. The van der Waals surface area contributed by atoms with Crippen LogP contribution in [0.25, 0.3) is 0 Å². The van der Waals surface area contributed by atoms with Crippen LogP contribution in [0.15, 0.2) is 24.3 Å². The summed E-state index contributed by atoms with van der Waals surface area (Å²) in [6, 6.07) is 6.55. The number of ketones is 1. The molecular weight excluding hydrogens is 334 g/mol. The molecule has 0 radical (unpaired) electrons. The van der Waals surface area contributed by atoms with E-state index in [9.17, 15) is 14.4 Å². The highest BCUT2D eigenvalue weighted by atomic mass is 16.5. The van der Waals surface area contributed by atoms with Gasteiger partial charge in [0.25, 0.3) is 0 Å². The normalized spacial score (nSPS) is 11.6. The zero-order chi connectivity index (χ0) is 19.4. The molecule has 2 aromatic rings. The number of anilines is 2. The molecule has 0 spiro atoms. The van der Waals surface area contributed by atoms with E-state index in [1.807, 2.05) is 0 Å². The number of amides is 1. The third kappa shape index (κ3) is 4.11. The fourth-order valence-electron chi connectivity index (χ4n) is 2.79. The van der Waals surface area contributed by atoms with Gasteiger partial charge >= 0.3 is 5.97 Å². The van der Waals surface area contributed by atoms with E-state index in [-0.39, 0.29) is 11.7 Å². The van der Waals surface area contributed by atoms with Crippen molar-refractivity contribution in [2.45, 2.75) is 33.7 Å². The SMILES string of the molecule is COC(=O)c1c(C)[nH]c(C(=O)[C@H](C)Nc2ccc(NC(C)=O)cc2)c1C. The van der Waals surface area contributed by atoms with Crippen molar-refractivity contribution in [1.82, 2.24) is 4.98 Å². The van der Waals surface area contributed by atoms with Crippen molar-refractivity contribution in [3.05, 3.63) is 46.8 Å². The summed E-state index contributed by atoms with van der Waals surface area (Å²) in [6.45, 7) is 6.64. The van der Waals surface area contributed by atoms with Crippen molar-refractivity contribution in [3.63, 3.8) is 0 Å². The number of H-pyrrole nitrogens is 1. The predicted octanol–water partition coefficient (Wildman–Crippen LogP) is 3.06. The van der Waals surface area contributed by atoms with Crippen LogP contribution in [-0.2, 0) is 9.53 Å². The van der Waals surface area contributed by atoms with Crippen molar-refractivity contribution < 1.29 is 19.1 Å². The predicted molar refractivity (Wildman–Crippen MR) is 99.8 cm³/mol. The summed E-state index contributed by atoms with van der Waals surface area (Å²) in [5, 5.41) is 5.81. The molecule has 138 valence electrons. The van der Waals surface area contributed by atoms with Crippen molar-refractivity contribution >= 4 is 29.0 Å². The second-order valence-corrected chi connectivity index (χ2v) is 6.11. The Labute approximate surface area is 152 Å². The maximum absolute atomic E-state index is 12.8. The van der Waals surface area contributed by atoms with E-state index >= 15 is 0 Å². The van der Waals surface area contributed by atoms with Crippen molar-refractivity contribution in [3.8, 4) is 0 Å². The van der Waals surface area contributed by atoms with E-state index in [1.54, 1.807) is 45.0 Å². The second-order valence-electron chi connectivity index (χ2n) is 6.11. The number of hydrogen-bond acceptors (Lipinski definition) is 5. The van der Waals surface area contributed by atoms with E-state index in [0.29, 0.717) is 28.2 Å². The van der Waals surface area contributed by atoms with Gasteiger partial charge in [0.05, 0.1) is 24.4 Å². The van der Waals surface area contributed by atoms with Crippen LogP contribution < -0.4 is 10.6 Å². The van der Waals surface area contributed by atoms with Crippen LogP contribution in [0, 0.1) is 13.8 Å². The van der Waals surface area contributed by atoms with Gasteiger partial charge in [0.2, 0.25) is 11.7 Å². The molecule has 2 rings (SSSR count). The standard InChI is InChI=1S/C19H23N3O4/c1-10-16(19(25)26-5)11(2)21-17(10)18(24)12(3)20-14-6-8-15(9-7-14)22-13(4)23/h6-9,12,20-21H,1-5H3,(H,22,23)/t12-/m0/s1. The number of nitrogens with one attached hydrogen (secondary N) is 3. The first kappa shape index (κ1) is 19.2. The minimum Gasteiger partial charge on any atom is -0.465 e. The number of hydrogen-bond donors (Lipinski definition) is 3. The Hall–Kier alpha value is -3.09. The summed E-state index contributed by atoms with van der Waals surface area (Å²) >= 11 is 0. The lowest BCUT2D eigenvalue weighted by Gasteiger charge is -2.14. The molecule has 1 aromatic carbocycles. The molecule has 1 atom stereocenters. The van der Waals surface area contributed by atoms with Crippen molar-refractivity contribution in [2.24, 2.45) is 0 Å². The number of carbonyl (C=O) groups excluding carboxylic acids is 3. The average molecular weight is 357 g/mol. The zero-order valence-electron chi connectivity index (χ0n) is 15.5. The van der Waals surface area contributed by atoms with E-state index < -0.39 is 12.0 Å². The highest BCUT2D eigenvalue weighted by Crippen LogP contribution is 2.21. The van der Waals surface area contributed by atoms with Gasteiger partial charge in [0, 0.05) is 24.0 Å². The summed E-state index contributed by atoms with van der Waals surface area (Å²) in [6.07, 6.45) is 0. The Kier molecular flexibility index (Phi) is 5.82. The van der Waals surface area contributed by atoms with Gasteiger partial charge in [-0.2, -0.15) is 0 Å². The van der Waals surface area contributed by atoms with Gasteiger partial charge in [-0.1, -0.05) is 0 Å². The Balaban J connectivity index is 2.15. The van der Waals surface area contributed by atoms with Crippen LogP contribution in [0.2, 0.25) is 0 Å². The average Bonchev–Trinajstić information content (AvgIpc) is 2.89. The molecule has 0 saturated heterocycles.